The topological polar surface area (TPSA) is 50.9 Å². The maximum Gasteiger partial charge on any atom is 0.355 e. The molecule has 0 aliphatic rings. The fourth-order valence-electron chi connectivity index (χ4n) is 1.63. The number of nitrogens with two attached hydrogens (primary N) is 1. The molecule has 0 saturated heterocycles. The molecule has 1 atom stereocenters. The summed E-state index contributed by atoms with van der Waals surface area (Å²) in [6, 6.07) is 8.29. The van der Waals surface area contributed by atoms with Gasteiger partial charge in [-0.3, -0.25) is 5.43 Å². The van der Waals surface area contributed by atoms with Crippen molar-refractivity contribution < 1.29 is 0 Å². The molecule has 0 bridgehead atoms. The lowest BCUT2D eigenvalue weighted by Gasteiger charge is -1.92. The van der Waals surface area contributed by atoms with Crippen molar-refractivity contribution in [1.29, 1.82) is 0 Å². The Labute approximate surface area is 92.3 Å². The Morgan fingerprint density at radius 3 is 2.93 bits per heavy atom. The number of fused-ring (bicyclic) bond motifs is 1. The molecule has 0 radical (unpaired) electrons. The summed E-state index contributed by atoms with van der Waals surface area (Å²) in [7, 11) is 0.0740. The summed E-state index contributed by atoms with van der Waals surface area (Å²) in [5.41, 5.74) is 3.81. The van der Waals surface area contributed by atoms with Gasteiger partial charge in [0.05, 0.1) is 0 Å². The van der Waals surface area contributed by atoms with Crippen LogP contribution >= 0.6 is 10.5 Å². The third-order valence-corrected chi connectivity index (χ3v) is 4.66. The Bertz CT molecular complexity index is 450. The van der Waals surface area contributed by atoms with E-state index in [1.165, 1.54) is 17.5 Å². The minimum Gasteiger partial charge on any atom is -0.263 e. The summed E-state index contributed by atoms with van der Waals surface area (Å²) in [6.45, 7) is 2.21. The molecule has 1 aromatic heterocycles. The number of hydrogen-bond donors (Lipinski definition) is 2. The standard InChI is InChI=1S/C11H16N3S/c1-2-3-8-15-10-7-5-4-6-9(10)13-11(15)14-12/h4-7H,2-3,8,12H2,1H3,(H,13,14)/q+1. The van der Waals surface area contributed by atoms with Crippen molar-refractivity contribution in [3.8, 4) is 0 Å². The highest BCUT2D eigenvalue weighted by Gasteiger charge is 2.20. The van der Waals surface area contributed by atoms with Crippen molar-refractivity contribution in [2.45, 2.75) is 25.5 Å². The Morgan fingerprint density at radius 1 is 1.40 bits per heavy atom. The van der Waals surface area contributed by atoms with E-state index >= 15 is 0 Å². The van der Waals surface area contributed by atoms with Crippen LogP contribution in [0.25, 0.3) is 10.2 Å². The molecule has 0 amide bonds. The highest BCUT2D eigenvalue weighted by Crippen LogP contribution is 2.38. The van der Waals surface area contributed by atoms with Crippen molar-refractivity contribution in [3.63, 3.8) is 0 Å². The van der Waals surface area contributed by atoms with E-state index in [9.17, 15) is 0 Å². The van der Waals surface area contributed by atoms with E-state index in [-0.39, 0.29) is 10.5 Å². The first-order valence-electron chi connectivity index (χ1n) is 5.22. The number of hydrogen-bond acceptors (Lipinski definition) is 3. The van der Waals surface area contributed by atoms with E-state index in [0.717, 1.165) is 16.4 Å². The SMILES string of the molecule is CCCC[s+]1c(NN)nc2ccccc21. The van der Waals surface area contributed by atoms with Gasteiger partial charge in [-0.15, -0.1) is 0 Å². The van der Waals surface area contributed by atoms with E-state index in [0.29, 0.717) is 0 Å². The molecule has 2 rings (SSSR count). The van der Waals surface area contributed by atoms with Crippen LogP contribution in [0.15, 0.2) is 24.3 Å². The molecule has 3 N–H and O–H groups in total. The van der Waals surface area contributed by atoms with Gasteiger partial charge in [0.15, 0.2) is 0 Å². The van der Waals surface area contributed by atoms with E-state index in [4.69, 9.17) is 5.84 Å². The second-order valence-corrected chi connectivity index (χ2v) is 5.49. The highest BCUT2D eigenvalue weighted by molar-refractivity contribution is 7.39. The van der Waals surface area contributed by atoms with Crippen molar-refractivity contribution in [1.82, 2.24) is 4.98 Å². The molecule has 0 saturated carbocycles. The summed E-state index contributed by atoms with van der Waals surface area (Å²) >= 11 is 0. The number of nitrogens with one attached hydrogen (secondary N) is 1. The fraction of sp³-hybridized carbons (Fsp3) is 0.364. The molecule has 15 heavy (non-hydrogen) atoms. The van der Waals surface area contributed by atoms with Gasteiger partial charge in [0, 0.05) is 16.5 Å². The number of nitrogen functional groups attached to an aromatic ring is 1. The normalized spacial score (nSPS) is 12.0. The minimum atomic E-state index is 0.0740. The molecule has 0 fully saturated rings. The number of para-hydroxylation sites is 1. The quantitative estimate of drug-likeness (QED) is 0.475. The van der Waals surface area contributed by atoms with Gasteiger partial charge in [0.2, 0.25) is 4.70 Å². The summed E-state index contributed by atoms with van der Waals surface area (Å²) in [5, 5.41) is 0.935. The maximum atomic E-state index is 5.50. The zero-order valence-electron chi connectivity index (χ0n) is 8.86. The molecule has 1 heterocycles. The molecule has 0 aliphatic heterocycles. The number of nitrogens with zero attached hydrogens (tertiary/aromatic N) is 1. The monoisotopic (exact) mass is 222 g/mol. The van der Waals surface area contributed by atoms with Crippen molar-refractivity contribution in [2.24, 2.45) is 5.84 Å². The first kappa shape index (κ1) is 10.4. The Hall–Kier alpha value is -1.13. The zero-order valence-corrected chi connectivity index (χ0v) is 9.68. The smallest absolute Gasteiger partial charge is 0.263 e. The van der Waals surface area contributed by atoms with Crippen LogP contribution < -0.4 is 11.3 Å². The van der Waals surface area contributed by atoms with Gasteiger partial charge >= 0.3 is 5.13 Å². The van der Waals surface area contributed by atoms with Crippen LogP contribution in [0.3, 0.4) is 0 Å². The lowest BCUT2D eigenvalue weighted by Crippen LogP contribution is -2.06. The largest absolute Gasteiger partial charge is 0.355 e. The predicted molar refractivity (Wildman–Crippen MR) is 66.9 cm³/mol. The van der Waals surface area contributed by atoms with Gasteiger partial charge < -0.3 is 0 Å². The van der Waals surface area contributed by atoms with Crippen LogP contribution in [0.4, 0.5) is 5.13 Å². The van der Waals surface area contributed by atoms with E-state index in [1.807, 2.05) is 12.1 Å². The van der Waals surface area contributed by atoms with Gasteiger partial charge in [0.25, 0.3) is 0 Å². The first-order chi connectivity index (χ1) is 7.36. The van der Waals surface area contributed by atoms with E-state index in [1.54, 1.807) is 0 Å². The number of aromatic nitrogens is 1. The minimum absolute atomic E-state index is 0.0740. The fourth-order valence-corrected chi connectivity index (χ4v) is 3.78. The summed E-state index contributed by atoms with van der Waals surface area (Å²) < 4.78 is 1.33. The molecule has 3 nitrogen and oxygen atoms in total. The van der Waals surface area contributed by atoms with Crippen LogP contribution in [0.2, 0.25) is 0 Å². The number of anilines is 1. The third kappa shape index (κ3) is 1.96. The molecule has 2 aromatic rings. The number of aryl methyl sites for hydroxylation is 1. The van der Waals surface area contributed by atoms with Crippen molar-refractivity contribution in [3.05, 3.63) is 24.3 Å². The maximum absolute atomic E-state index is 5.50. The number of benzene rings is 1. The molecule has 4 heteroatoms. The van der Waals surface area contributed by atoms with Crippen LogP contribution in [-0.4, -0.2) is 4.98 Å². The van der Waals surface area contributed by atoms with Gasteiger partial charge in [-0.1, -0.05) is 25.5 Å². The molecular weight excluding hydrogens is 206 g/mol. The van der Waals surface area contributed by atoms with Crippen LogP contribution in [0.5, 0.6) is 0 Å². The van der Waals surface area contributed by atoms with Crippen LogP contribution in [-0.2, 0) is 5.75 Å². The molecule has 0 spiro atoms. The van der Waals surface area contributed by atoms with Crippen molar-refractivity contribution in [2.75, 3.05) is 5.43 Å². The lowest BCUT2D eigenvalue weighted by atomic mass is 10.3. The van der Waals surface area contributed by atoms with Gasteiger partial charge in [-0.2, -0.15) is 4.98 Å². The first-order valence-corrected chi connectivity index (χ1v) is 6.61. The highest BCUT2D eigenvalue weighted by atomic mass is 32.2. The van der Waals surface area contributed by atoms with Crippen LogP contribution in [0.1, 0.15) is 19.8 Å². The predicted octanol–water partition coefficient (Wildman–Crippen LogP) is 3.07. The summed E-state index contributed by atoms with van der Waals surface area (Å²) in [5.74, 6) is 6.65. The van der Waals surface area contributed by atoms with E-state index < -0.39 is 0 Å². The number of thiazole rings is 1. The number of unbranched alkanes of at least 4 members (excludes halogenated alkanes) is 1. The average Bonchev–Trinajstić information content (AvgIpc) is 2.64. The summed E-state index contributed by atoms with van der Waals surface area (Å²) in [4.78, 5) is 4.50. The second-order valence-electron chi connectivity index (χ2n) is 3.48. The molecule has 1 aromatic carbocycles. The summed E-state index contributed by atoms with van der Waals surface area (Å²) in [6.07, 6.45) is 2.43. The van der Waals surface area contributed by atoms with Crippen LogP contribution in [0, 0.1) is 0 Å². The average molecular weight is 222 g/mol. The third-order valence-electron chi connectivity index (χ3n) is 2.41. The number of rotatable bonds is 4. The van der Waals surface area contributed by atoms with Crippen molar-refractivity contribution >= 4 is 25.8 Å². The molecule has 1 unspecified atom stereocenters. The van der Waals surface area contributed by atoms with E-state index in [2.05, 4.69) is 29.5 Å². The Kier molecular flexibility index (Phi) is 3.18. The molecule has 80 valence electrons. The Balaban J connectivity index is 2.47. The zero-order chi connectivity index (χ0) is 10.7. The second kappa shape index (κ2) is 4.59. The number of hydrazine groups is 1. The molecule has 0 aliphatic carbocycles. The van der Waals surface area contributed by atoms with Gasteiger partial charge in [-0.25, -0.2) is 5.84 Å². The van der Waals surface area contributed by atoms with Gasteiger partial charge in [-0.05, 0) is 12.5 Å². The lowest BCUT2D eigenvalue weighted by molar-refractivity contribution is 0.854. The molecular formula is C11H16N3S+. The Morgan fingerprint density at radius 2 is 2.20 bits per heavy atom. The van der Waals surface area contributed by atoms with Gasteiger partial charge in [0.1, 0.15) is 11.3 Å².